The van der Waals surface area contributed by atoms with Crippen LogP contribution in [0.4, 0.5) is 5.69 Å². The summed E-state index contributed by atoms with van der Waals surface area (Å²) in [6.45, 7) is -0.360. The molecule has 152 valence electrons. The van der Waals surface area contributed by atoms with Gasteiger partial charge < -0.3 is 20.4 Å². The van der Waals surface area contributed by atoms with Gasteiger partial charge in [-0.25, -0.2) is 4.79 Å². The van der Waals surface area contributed by atoms with Crippen LogP contribution < -0.4 is 5.32 Å². The van der Waals surface area contributed by atoms with E-state index in [9.17, 15) is 14.7 Å². The Balaban J connectivity index is 1.80. The van der Waals surface area contributed by atoms with Crippen molar-refractivity contribution in [2.45, 2.75) is 38.2 Å². The van der Waals surface area contributed by atoms with E-state index in [1.54, 1.807) is 0 Å². The lowest BCUT2D eigenvalue weighted by atomic mass is 9.84. The number of fused-ring (bicyclic) bond motifs is 3. The lowest BCUT2D eigenvalue weighted by Crippen LogP contribution is -2.24. The van der Waals surface area contributed by atoms with Crippen LogP contribution in [0.1, 0.15) is 36.0 Å². The number of thiophene rings is 1. The fourth-order valence-corrected chi connectivity index (χ4v) is 4.88. The molecule has 2 aliphatic rings. The highest BCUT2D eigenvalue weighted by Gasteiger charge is 2.33. The molecule has 1 aromatic carbocycles. The molecule has 0 fully saturated rings. The van der Waals surface area contributed by atoms with E-state index in [0.717, 1.165) is 47.4 Å². The first-order chi connectivity index (χ1) is 14.0. The second-order valence-corrected chi connectivity index (χ2v) is 8.67. The fraction of sp³-hybridized carbons (Fsp3) is 0.350. The number of carboxylic acid groups (broad SMARTS) is 1. The molecule has 0 spiro atoms. The van der Waals surface area contributed by atoms with Crippen molar-refractivity contribution in [3.63, 3.8) is 0 Å². The molecule has 0 bridgehead atoms. The first-order valence-corrected chi connectivity index (χ1v) is 10.5. The quantitative estimate of drug-likeness (QED) is 0.603. The van der Waals surface area contributed by atoms with Gasteiger partial charge in [0.25, 0.3) is 5.91 Å². The normalized spacial score (nSPS) is 17.6. The van der Waals surface area contributed by atoms with Crippen molar-refractivity contribution < 1.29 is 24.6 Å². The molecule has 2 heterocycles. The lowest BCUT2D eigenvalue weighted by molar-refractivity contribution is -0.151. The van der Waals surface area contributed by atoms with Gasteiger partial charge in [0, 0.05) is 23.5 Å². The van der Waals surface area contributed by atoms with Gasteiger partial charge in [-0.05, 0) is 60.6 Å². The average Bonchev–Trinajstić information content (AvgIpc) is 3.27. The largest absolute Gasteiger partial charge is 0.478 e. The summed E-state index contributed by atoms with van der Waals surface area (Å²) in [5, 5.41) is 24.9. The van der Waals surface area contributed by atoms with Crippen molar-refractivity contribution >= 4 is 46.2 Å². The number of anilines is 1. The second-order valence-electron chi connectivity index (χ2n) is 6.95. The minimum Gasteiger partial charge on any atom is -0.478 e. The van der Waals surface area contributed by atoms with E-state index in [4.69, 9.17) is 21.5 Å². The molecule has 0 radical (unpaired) electrons. The Labute approximate surface area is 175 Å². The van der Waals surface area contributed by atoms with E-state index >= 15 is 0 Å². The molecule has 1 aliphatic carbocycles. The first kappa shape index (κ1) is 19.9. The summed E-state index contributed by atoms with van der Waals surface area (Å²) in [4.78, 5) is 29.9. The van der Waals surface area contributed by atoms with Gasteiger partial charge in [0.15, 0.2) is 5.71 Å². The van der Waals surface area contributed by atoms with Gasteiger partial charge in [0.1, 0.15) is 0 Å². The molecule has 1 aromatic heterocycles. The number of hydrogen-bond donors (Lipinski definition) is 3. The predicted octanol–water partition coefficient (Wildman–Crippen LogP) is 3.46. The van der Waals surface area contributed by atoms with Crippen molar-refractivity contribution in [3.05, 3.63) is 39.2 Å². The maximum absolute atomic E-state index is 12.6. The Morgan fingerprint density at radius 3 is 2.69 bits per heavy atom. The summed E-state index contributed by atoms with van der Waals surface area (Å²) in [5.41, 5.74) is 4.69. The summed E-state index contributed by atoms with van der Waals surface area (Å²) >= 11 is 7.61. The van der Waals surface area contributed by atoms with E-state index in [1.165, 1.54) is 16.9 Å². The van der Waals surface area contributed by atoms with Crippen LogP contribution in [-0.4, -0.2) is 40.5 Å². The summed E-state index contributed by atoms with van der Waals surface area (Å²) in [7, 11) is 0. The number of carbonyl (C=O) groups excluding carboxylic acids is 1. The van der Waals surface area contributed by atoms with E-state index in [-0.39, 0.29) is 18.7 Å². The van der Waals surface area contributed by atoms with Crippen LogP contribution in [0.3, 0.4) is 0 Å². The van der Waals surface area contributed by atoms with Gasteiger partial charge in [-0.3, -0.25) is 4.79 Å². The van der Waals surface area contributed by atoms with Gasteiger partial charge in [-0.1, -0.05) is 16.8 Å². The van der Waals surface area contributed by atoms with Crippen LogP contribution >= 0.6 is 22.9 Å². The summed E-state index contributed by atoms with van der Waals surface area (Å²) < 4.78 is 0.685. The number of benzene rings is 1. The zero-order valence-electron chi connectivity index (χ0n) is 15.4. The Hall–Kier alpha value is -2.42. The molecule has 0 saturated heterocycles. The average molecular weight is 435 g/mol. The van der Waals surface area contributed by atoms with Crippen molar-refractivity contribution in [1.82, 2.24) is 0 Å². The number of amides is 1. The third-order valence-corrected chi connectivity index (χ3v) is 6.40. The van der Waals surface area contributed by atoms with E-state index in [2.05, 4.69) is 10.5 Å². The molecule has 4 rings (SSSR count). The smallest absolute Gasteiger partial charge is 0.347 e. The third kappa shape index (κ3) is 3.75. The number of nitrogens with one attached hydrogen (secondary N) is 1. The summed E-state index contributed by atoms with van der Waals surface area (Å²) in [5.74, 6) is -1.68. The van der Waals surface area contributed by atoms with Gasteiger partial charge in [-0.2, -0.15) is 0 Å². The van der Waals surface area contributed by atoms with Crippen LogP contribution in [0.15, 0.2) is 23.4 Å². The Kier molecular flexibility index (Phi) is 5.58. The van der Waals surface area contributed by atoms with E-state index < -0.39 is 18.0 Å². The molecule has 2 aromatic rings. The van der Waals surface area contributed by atoms with Crippen LogP contribution in [0.5, 0.6) is 0 Å². The van der Waals surface area contributed by atoms with Crippen molar-refractivity contribution in [2.24, 2.45) is 5.16 Å². The Bertz CT molecular complexity index is 1020. The van der Waals surface area contributed by atoms with Crippen LogP contribution in [0.2, 0.25) is 4.34 Å². The highest BCUT2D eigenvalue weighted by molar-refractivity contribution is 7.19. The Morgan fingerprint density at radius 1 is 1.28 bits per heavy atom. The molecule has 7 nitrogen and oxygen atoms in total. The molecular formula is C20H19ClN2O5S. The van der Waals surface area contributed by atoms with Crippen LogP contribution in [-0.2, 0) is 27.3 Å². The van der Waals surface area contributed by atoms with Gasteiger partial charge in [0.05, 0.1) is 10.0 Å². The number of rotatable bonds is 6. The number of aliphatic carboxylic acids is 1. The topological polar surface area (TPSA) is 108 Å². The van der Waals surface area contributed by atoms with Crippen molar-refractivity contribution in [2.75, 3.05) is 11.9 Å². The molecular weight excluding hydrogens is 416 g/mol. The lowest BCUT2D eigenvalue weighted by Gasteiger charge is -2.22. The SMILES string of the molecule is O=C1Nc2c(cc(-c3ccc(Cl)s3)c3c2CCCC3)/C1=N\OC(CCO)C(=O)O. The minimum atomic E-state index is -1.32. The number of halogens is 1. The van der Waals surface area contributed by atoms with Crippen molar-refractivity contribution in [3.8, 4) is 10.4 Å². The van der Waals surface area contributed by atoms with Crippen LogP contribution in [0, 0.1) is 0 Å². The maximum Gasteiger partial charge on any atom is 0.347 e. The number of carbonyl (C=O) groups is 2. The zero-order chi connectivity index (χ0) is 20.5. The highest BCUT2D eigenvalue weighted by Crippen LogP contribution is 2.43. The highest BCUT2D eigenvalue weighted by atomic mass is 35.5. The second kappa shape index (κ2) is 8.14. The van der Waals surface area contributed by atoms with Gasteiger partial charge in [-0.15, -0.1) is 11.3 Å². The molecule has 1 amide bonds. The number of aliphatic hydroxyl groups is 1. The fourth-order valence-electron chi connectivity index (χ4n) is 3.79. The number of aliphatic hydroxyl groups excluding tert-OH is 1. The monoisotopic (exact) mass is 434 g/mol. The first-order valence-electron chi connectivity index (χ1n) is 9.33. The van der Waals surface area contributed by atoms with Crippen molar-refractivity contribution in [1.29, 1.82) is 0 Å². The minimum absolute atomic E-state index is 0.0430. The zero-order valence-corrected chi connectivity index (χ0v) is 17.0. The molecule has 1 atom stereocenters. The van der Waals surface area contributed by atoms with Crippen LogP contribution in [0.25, 0.3) is 10.4 Å². The molecule has 29 heavy (non-hydrogen) atoms. The summed E-state index contributed by atoms with van der Waals surface area (Å²) in [6, 6.07) is 5.71. The standard InChI is InChI=1S/C20H19ClN2O5S/c21-16-6-5-15(29-16)12-9-13-17(11-4-2-1-3-10(11)12)22-19(25)18(13)23-28-14(7-8-24)20(26)27/h5-6,9,14,24H,1-4,7-8H2,(H,26,27)(H,22,23,25). The molecule has 1 unspecified atom stereocenters. The van der Waals surface area contributed by atoms with Gasteiger partial charge >= 0.3 is 5.97 Å². The van der Waals surface area contributed by atoms with E-state index in [0.29, 0.717) is 9.90 Å². The van der Waals surface area contributed by atoms with E-state index in [1.807, 2.05) is 18.2 Å². The molecule has 9 heteroatoms. The number of carboxylic acids is 1. The number of oxime groups is 1. The molecule has 1 aliphatic heterocycles. The third-order valence-electron chi connectivity index (χ3n) is 5.14. The Morgan fingerprint density at radius 2 is 2.03 bits per heavy atom. The maximum atomic E-state index is 12.6. The summed E-state index contributed by atoms with van der Waals surface area (Å²) in [6.07, 6.45) is 2.44. The number of nitrogens with zero attached hydrogens (tertiary/aromatic N) is 1. The molecule has 3 N–H and O–H groups in total. The van der Waals surface area contributed by atoms with Gasteiger partial charge in [0.2, 0.25) is 6.10 Å². The predicted molar refractivity (Wildman–Crippen MR) is 111 cm³/mol. The number of hydrogen-bond acceptors (Lipinski definition) is 6. The molecule has 0 saturated carbocycles.